The van der Waals surface area contributed by atoms with Gasteiger partial charge in [0.15, 0.2) is 6.10 Å². The van der Waals surface area contributed by atoms with Gasteiger partial charge in [0.1, 0.15) is 5.75 Å². The van der Waals surface area contributed by atoms with Crippen molar-refractivity contribution >= 4 is 29.2 Å². The van der Waals surface area contributed by atoms with Crippen molar-refractivity contribution in [2.75, 3.05) is 23.8 Å². The van der Waals surface area contributed by atoms with E-state index in [-0.39, 0.29) is 18.4 Å². The van der Waals surface area contributed by atoms with Crippen molar-refractivity contribution in [2.45, 2.75) is 6.10 Å². The molecule has 0 bridgehead atoms. The van der Waals surface area contributed by atoms with E-state index in [1.165, 1.54) is 18.0 Å². The number of carbonyl (C=O) groups is 3. The number of primary amides is 1. The van der Waals surface area contributed by atoms with Gasteiger partial charge in [-0.25, -0.2) is 4.79 Å². The Morgan fingerprint density at radius 1 is 1.15 bits per heavy atom. The van der Waals surface area contributed by atoms with Crippen LogP contribution in [0.25, 0.3) is 0 Å². The summed E-state index contributed by atoms with van der Waals surface area (Å²) in [6.45, 7) is 0.0724. The summed E-state index contributed by atoms with van der Waals surface area (Å²) in [5.74, 6) is -0.184. The van der Waals surface area contributed by atoms with E-state index in [1.807, 2.05) is 0 Å². The summed E-state index contributed by atoms with van der Waals surface area (Å²) in [6.07, 6.45) is -0.814. The molecule has 1 aliphatic rings. The van der Waals surface area contributed by atoms with Gasteiger partial charge >= 0.3 is 6.03 Å². The van der Waals surface area contributed by atoms with Crippen LogP contribution in [0.3, 0.4) is 0 Å². The number of likely N-dealkylation sites (N-methyl/N-ethyl adjacent to an activating group) is 1. The Kier molecular flexibility index (Phi) is 4.74. The fourth-order valence-corrected chi connectivity index (χ4v) is 2.75. The minimum atomic E-state index is -0.814. The fourth-order valence-electron chi connectivity index (χ4n) is 2.75. The van der Waals surface area contributed by atoms with E-state index >= 15 is 0 Å². The lowest BCUT2D eigenvalue weighted by Crippen LogP contribution is -2.50. The van der Waals surface area contributed by atoms with Crippen molar-refractivity contribution in [3.63, 3.8) is 0 Å². The highest BCUT2D eigenvalue weighted by Gasteiger charge is 2.33. The molecular formula is C18H18N4O4. The molecule has 1 aliphatic heterocycles. The van der Waals surface area contributed by atoms with Crippen LogP contribution in [0.15, 0.2) is 48.5 Å². The third-order valence-electron chi connectivity index (χ3n) is 3.93. The van der Waals surface area contributed by atoms with Crippen LogP contribution in [0.1, 0.15) is 10.4 Å². The van der Waals surface area contributed by atoms with Gasteiger partial charge in [0.25, 0.3) is 11.8 Å². The first kappa shape index (κ1) is 17.3. The number of hydrogen-bond acceptors (Lipinski definition) is 4. The Bertz CT molecular complexity index is 868. The molecule has 1 heterocycles. The Morgan fingerprint density at radius 3 is 2.65 bits per heavy atom. The molecule has 8 heteroatoms. The topological polar surface area (TPSA) is 114 Å². The molecule has 0 saturated heterocycles. The molecule has 0 unspecified atom stereocenters. The van der Waals surface area contributed by atoms with Gasteiger partial charge in [0.05, 0.1) is 12.2 Å². The molecule has 134 valence electrons. The third-order valence-corrected chi connectivity index (χ3v) is 3.93. The van der Waals surface area contributed by atoms with Crippen LogP contribution in [0.5, 0.6) is 5.75 Å². The summed E-state index contributed by atoms with van der Waals surface area (Å²) in [4.78, 5) is 37.6. The highest BCUT2D eigenvalue weighted by Crippen LogP contribution is 2.34. The highest BCUT2D eigenvalue weighted by atomic mass is 16.5. The highest BCUT2D eigenvalue weighted by molar-refractivity contribution is 6.08. The molecule has 3 rings (SSSR count). The predicted octanol–water partition coefficient (Wildman–Crippen LogP) is 1.33. The first-order valence-electron chi connectivity index (χ1n) is 7.95. The second kappa shape index (κ2) is 7.14. The number of anilines is 2. The molecule has 26 heavy (non-hydrogen) atoms. The van der Waals surface area contributed by atoms with Gasteiger partial charge in [-0.2, -0.15) is 0 Å². The summed E-state index contributed by atoms with van der Waals surface area (Å²) < 4.78 is 5.70. The van der Waals surface area contributed by atoms with Crippen LogP contribution in [0.2, 0.25) is 0 Å². The number of urea groups is 1. The number of amides is 4. The van der Waals surface area contributed by atoms with Crippen molar-refractivity contribution in [1.82, 2.24) is 5.32 Å². The molecular weight excluding hydrogens is 336 g/mol. The van der Waals surface area contributed by atoms with Gasteiger partial charge in [0.2, 0.25) is 0 Å². The third kappa shape index (κ3) is 3.44. The number of nitrogens with zero attached hydrogens (tertiary/aromatic N) is 1. The summed E-state index contributed by atoms with van der Waals surface area (Å²) >= 11 is 0. The van der Waals surface area contributed by atoms with Crippen LogP contribution in [-0.4, -0.2) is 37.5 Å². The number of fused-ring (bicyclic) bond motifs is 1. The lowest BCUT2D eigenvalue weighted by molar-refractivity contribution is -0.127. The summed E-state index contributed by atoms with van der Waals surface area (Å²) in [6, 6.07) is 12.7. The van der Waals surface area contributed by atoms with Crippen LogP contribution in [0.4, 0.5) is 16.2 Å². The molecule has 0 aromatic heterocycles. The van der Waals surface area contributed by atoms with Gasteiger partial charge < -0.3 is 26.0 Å². The largest absolute Gasteiger partial charge is 0.477 e. The van der Waals surface area contributed by atoms with Crippen LogP contribution in [-0.2, 0) is 4.79 Å². The molecule has 2 aromatic rings. The molecule has 0 aliphatic carbocycles. The second-order valence-electron chi connectivity index (χ2n) is 5.67. The van der Waals surface area contributed by atoms with E-state index in [0.29, 0.717) is 22.7 Å². The maximum Gasteiger partial charge on any atom is 0.316 e. The maximum absolute atomic E-state index is 13.1. The Balaban J connectivity index is 1.95. The lowest BCUT2D eigenvalue weighted by atomic mass is 10.1. The predicted molar refractivity (Wildman–Crippen MR) is 96.2 cm³/mol. The summed E-state index contributed by atoms with van der Waals surface area (Å²) in [5, 5.41) is 4.97. The lowest BCUT2D eigenvalue weighted by Gasteiger charge is -2.34. The zero-order valence-electron chi connectivity index (χ0n) is 14.1. The Hall–Kier alpha value is -3.55. The monoisotopic (exact) mass is 354 g/mol. The van der Waals surface area contributed by atoms with E-state index in [0.717, 1.165) is 0 Å². The number of hydrogen-bond donors (Lipinski definition) is 3. The zero-order valence-corrected chi connectivity index (χ0v) is 14.1. The van der Waals surface area contributed by atoms with E-state index in [9.17, 15) is 14.4 Å². The van der Waals surface area contributed by atoms with Crippen molar-refractivity contribution in [3.05, 3.63) is 54.1 Å². The van der Waals surface area contributed by atoms with E-state index < -0.39 is 12.1 Å². The normalized spacial score (nSPS) is 15.4. The van der Waals surface area contributed by atoms with E-state index in [2.05, 4.69) is 10.6 Å². The van der Waals surface area contributed by atoms with Crippen molar-refractivity contribution in [1.29, 1.82) is 0 Å². The van der Waals surface area contributed by atoms with Gasteiger partial charge in [0, 0.05) is 18.3 Å². The number of nitrogens with one attached hydrogen (secondary N) is 2. The van der Waals surface area contributed by atoms with Gasteiger partial charge in [-0.3, -0.25) is 9.59 Å². The number of carbonyl (C=O) groups excluding carboxylic acids is 3. The van der Waals surface area contributed by atoms with Crippen molar-refractivity contribution in [3.8, 4) is 5.75 Å². The first-order chi connectivity index (χ1) is 12.5. The number of benzene rings is 2. The summed E-state index contributed by atoms with van der Waals surface area (Å²) in [7, 11) is 1.51. The van der Waals surface area contributed by atoms with E-state index in [1.54, 1.807) is 42.5 Å². The molecule has 0 fully saturated rings. The van der Waals surface area contributed by atoms with Gasteiger partial charge in [-0.05, 0) is 30.3 Å². The molecule has 0 radical (unpaired) electrons. The van der Waals surface area contributed by atoms with Crippen LogP contribution >= 0.6 is 0 Å². The SMILES string of the molecule is CNC(=O)[C@H]1CN(C(=O)c2cccc(NC(N)=O)c2)c2ccccc2O1. The molecule has 8 nitrogen and oxygen atoms in total. The first-order valence-corrected chi connectivity index (χ1v) is 7.95. The number of rotatable bonds is 3. The van der Waals surface area contributed by atoms with Crippen LogP contribution < -0.4 is 26.0 Å². The minimum Gasteiger partial charge on any atom is -0.477 e. The van der Waals surface area contributed by atoms with Crippen LogP contribution in [0, 0.1) is 0 Å². The van der Waals surface area contributed by atoms with E-state index in [4.69, 9.17) is 10.5 Å². The zero-order chi connectivity index (χ0) is 18.7. The maximum atomic E-state index is 13.1. The Morgan fingerprint density at radius 2 is 1.92 bits per heavy atom. The summed E-state index contributed by atoms with van der Waals surface area (Å²) in [5.41, 5.74) is 6.45. The van der Waals surface area contributed by atoms with Crippen molar-refractivity contribution in [2.24, 2.45) is 5.73 Å². The Labute approximate surface area is 149 Å². The quantitative estimate of drug-likeness (QED) is 0.771. The second-order valence-corrected chi connectivity index (χ2v) is 5.67. The molecule has 0 spiro atoms. The van der Waals surface area contributed by atoms with Gasteiger partial charge in [-0.1, -0.05) is 18.2 Å². The number of nitrogens with two attached hydrogens (primary N) is 1. The number of ether oxygens (including phenoxy) is 1. The van der Waals surface area contributed by atoms with Gasteiger partial charge in [-0.15, -0.1) is 0 Å². The smallest absolute Gasteiger partial charge is 0.316 e. The molecule has 4 N–H and O–H groups in total. The minimum absolute atomic E-state index is 0.0724. The average molecular weight is 354 g/mol. The molecule has 2 aromatic carbocycles. The standard InChI is InChI=1S/C18H18N4O4/c1-20-16(23)15-10-22(13-7-2-3-8-14(13)26-15)17(24)11-5-4-6-12(9-11)21-18(19)25/h2-9,15H,10H2,1H3,(H,20,23)(H3,19,21,25)/t15-/m1/s1. The molecule has 1 atom stereocenters. The number of para-hydroxylation sites is 2. The molecule has 4 amide bonds. The average Bonchev–Trinajstić information content (AvgIpc) is 2.65. The molecule has 0 saturated carbocycles. The fraction of sp³-hybridized carbons (Fsp3) is 0.167. The van der Waals surface area contributed by atoms with Crippen molar-refractivity contribution < 1.29 is 19.1 Å².